The standard InChI is InChI=1S/C12H16FN3O3/c1-3-8(14)6-15-12(17)10-5-9(16(18)19)4-7(2)11(10)13/h4-5,8H,3,6,14H2,1-2H3,(H,15,17). The molecular weight excluding hydrogens is 253 g/mol. The summed E-state index contributed by atoms with van der Waals surface area (Å²) in [7, 11) is 0. The van der Waals surface area contributed by atoms with E-state index < -0.39 is 16.6 Å². The first-order chi connectivity index (χ1) is 8.86. The van der Waals surface area contributed by atoms with Gasteiger partial charge in [-0.1, -0.05) is 6.92 Å². The van der Waals surface area contributed by atoms with Crippen molar-refractivity contribution in [3.05, 3.63) is 39.2 Å². The van der Waals surface area contributed by atoms with Crippen LogP contribution in [0.4, 0.5) is 10.1 Å². The van der Waals surface area contributed by atoms with Crippen molar-refractivity contribution in [1.82, 2.24) is 5.32 Å². The molecule has 0 aliphatic carbocycles. The third-order valence-electron chi connectivity index (χ3n) is 2.74. The normalized spacial score (nSPS) is 12.0. The minimum Gasteiger partial charge on any atom is -0.350 e. The Labute approximate surface area is 109 Å². The molecule has 0 fully saturated rings. The van der Waals surface area contributed by atoms with Crippen LogP contribution in [-0.2, 0) is 0 Å². The highest BCUT2D eigenvalue weighted by molar-refractivity contribution is 5.95. The number of aryl methyl sites for hydroxylation is 1. The van der Waals surface area contributed by atoms with Crippen LogP contribution in [0.5, 0.6) is 0 Å². The average Bonchev–Trinajstić information content (AvgIpc) is 2.38. The van der Waals surface area contributed by atoms with Gasteiger partial charge in [0.05, 0.1) is 10.5 Å². The van der Waals surface area contributed by atoms with Gasteiger partial charge in [0, 0.05) is 24.7 Å². The van der Waals surface area contributed by atoms with Crippen molar-refractivity contribution in [2.45, 2.75) is 26.3 Å². The van der Waals surface area contributed by atoms with Gasteiger partial charge >= 0.3 is 0 Å². The number of amides is 1. The zero-order chi connectivity index (χ0) is 14.6. The van der Waals surface area contributed by atoms with Crippen molar-refractivity contribution in [3.8, 4) is 0 Å². The maximum absolute atomic E-state index is 13.8. The summed E-state index contributed by atoms with van der Waals surface area (Å²) in [6, 6.07) is 1.78. The Morgan fingerprint density at radius 1 is 1.58 bits per heavy atom. The predicted octanol–water partition coefficient (Wildman–Crippen LogP) is 1.51. The maximum atomic E-state index is 13.8. The average molecular weight is 269 g/mol. The van der Waals surface area contributed by atoms with E-state index in [-0.39, 0.29) is 29.4 Å². The molecule has 0 heterocycles. The minimum atomic E-state index is -0.756. The quantitative estimate of drug-likeness (QED) is 0.625. The molecule has 1 atom stereocenters. The van der Waals surface area contributed by atoms with Gasteiger partial charge in [-0.05, 0) is 18.9 Å². The van der Waals surface area contributed by atoms with Gasteiger partial charge in [-0.15, -0.1) is 0 Å². The number of nitro benzene ring substituents is 1. The number of halogens is 1. The number of carbonyl (C=O) groups is 1. The van der Waals surface area contributed by atoms with Crippen LogP contribution in [0.15, 0.2) is 12.1 Å². The lowest BCUT2D eigenvalue weighted by Gasteiger charge is -2.11. The molecule has 0 saturated heterocycles. The second-order valence-corrected chi connectivity index (χ2v) is 4.26. The largest absolute Gasteiger partial charge is 0.350 e. The molecule has 0 spiro atoms. The fraction of sp³-hybridized carbons (Fsp3) is 0.417. The van der Waals surface area contributed by atoms with Crippen LogP contribution in [0.25, 0.3) is 0 Å². The van der Waals surface area contributed by atoms with Gasteiger partial charge in [-0.2, -0.15) is 0 Å². The molecule has 1 unspecified atom stereocenters. The number of rotatable bonds is 5. The summed E-state index contributed by atoms with van der Waals surface area (Å²) in [6.45, 7) is 3.42. The first-order valence-electron chi connectivity index (χ1n) is 5.85. The number of hydrogen-bond donors (Lipinski definition) is 2. The van der Waals surface area contributed by atoms with Crippen LogP contribution in [-0.4, -0.2) is 23.4 Å². The summed E-state index contributed by atoms with van der Waals surface area (Å²) < 4.78 is 13.8. The number of nitrogens with two attached hydrogens (primary N) is 1. The molecule has 0 aromatic heterocycles. The number of carbonyl (C=O) groups excluding carboxylic acids is 1. The van der Waals surface area contributed by atoms with Crippen molar-refractivity contribution in [1.29, 1.82) is 0 Å². The molecule has 0 saturated carbocycles. The van der Waals surface area contributed by atoms with E-state index in [0.717, 1.165) is 12.1 Å². The van der Waals surface area contributed by atoms with E-state index in [1.165, 1.54) is 6.92 Å². The van der Waals surface area contributed by atoms with Crippen LogP contribution >= 0.6 is 0 Å². The van der Waals surface area contributed by atoms with Gasteiger partial charge in [0.1, 0.15) is 5.82 Å². The fourth-order valence-electron chi connectivity index (χ4n) is 1.48. The molecule has 0 aliphatic heterocycles. The SMILES string of the molecule is CCC(N)CNC(=O)c1cc([N+](=O)[O-])cc(C)c1F. The summed E-state index contributed by atoms with van der Waals surface area (Å²) >= 11 is 0. The molecule has 1 aromatic carbocycles. The highest BCUT2D eigenvalue weighted by Crippen LogP contribution is 2.20. The first-order valence-corrected chi connectivity index (χ1v) is 5.85. The lowest BCUT2D eigenvalue weighted by Crippen LogP contribution is -2.37. The number of benzene rings is 1. The molecule has 0 bridgehead atoms. The molecule has 0 radical (unpaired) electrons. The third kappa shape index (κ3) is 3.72. The van der Waals surface area contributed by atoms with Crippen LogP contribution in [0.2, 0.25) is 0 Å². The Balaban J connectivity index is 2.98. The van der Waals surface area contributed by atoms with Crippen molar-refractivity contribution < 1.29 is 14.1 Å². The number of nitrogens with one attached hydrogen (secondary N) is 1. The Hall–Kier alpha value is -2.02. The molecule has 3 N–H and O–H groups in total. The second kappa shape index (κ2) is 6.24. The van der Waals surface area contributed by atoms with Gasteiger partial charge < -0.3 is 11.1 Å². The molecule has 0 aliphatic rings. The Kier molecular flexibility index (Phi) is 4.94. The molecule has 6 nitrogen and oxygen atoms in total. The topological polar surface area (TPSA) is 98.3 Å². The zero-order valence-corrected chi connectivity index (χ0v) is 10.8. The summed E-state index contributed by atoms with van der Waals surface area (Å²) in [5.74, 6) is -1.46. The van der Waals surface area contributed by atoms with Gasteiger partial charge in [-0.3, -0.25) is 14.9 Å². The van der Waals surface area contributed by atoms with E-state index in [2.05, 4.69) is 5.32 Å². The van der Waals surface area contributed by atoms with E-state index >= 15 is 0 Å². The Bertz CT molecular complexity index is 505. The van der Waals surface area contributed by atoms with Gasteiger partial charge in [0.15, 0.2) is 0 Å². The third-order valence-corrected chi connectivity index (χ3v) is 2.74. The van der Waals surface area contributed by atoms with Gasteiger partial charge in [0.25, 0.3) is 11.6 Å². The fourth-order valence-corrected chi connectivity index (χ4v) is 1.48. The van der Waals surface area contributed by atoms with Crippen molar-refractivity contribution >= 4 is 11.6 Å². The minimum absolute atomic E-state index is 0.0548. The van der Waals surface area contributed by atoms with E-state index in [9.17, 15) is 19.3 Å². The molecule has 19 heavy (non-hydrogen) atoms. The predicted molar refractivity (Wildman–Crippen MR) is 68.4 cm³/mol. The molecular formula is C12H16FN3O3. The molecule has 1 amide bonds. The van der Waals surface area contributed by atoms with Gasteiger partial charge in [-0.25, -0.2) is 4.39 Å². The van der Waals surface area contributed by atoms with E-state index in [1.54, 1.807) is 0 Å². The van der Waals surface area contributed by atoms with Crippen LogP contribution in [0.1, 0.15) is 29.3 Å². The highest BCUT2D eigenvalue weighted by atomic mass is 19.1. The molecule has 1 aromatic rings. The van der Waals surface area contributed by atoms with E-state index in [1.807, 2.05) is 6.92 Å². The van der Waals surface area contributed by atoms with E-state index in [0.29, 0.717) is 6.42 Å². The lowest BCUT2D eigenvalue weighted by molar-refractivity contribution is -0.385. The van der Waals surface area contributed by atoms with Gasteiger partial charge in [0.2, 0.25) is 0 Å². The van der Waals surface area contributed by atoms with Crippen LogP contribution < -0.4 is 11.1 Å². The van der Waals surface area contributed by atoms with E-state index in [4.69, 9.17) is 5.73 Å². The monoisotopic (exact) mass is 269 g/mol. The Morgan fingerprint density at radius 2 is 2.21 bits per heavy atom. The summed E-state index contributed by atoms with van der Waals surface area (Å²) in [5, 5.41) is 13.1. The van der Waals surface area contributed by atoms with Crippen molar-refractivity contribution in [3.63, 3.8) is 0 Å². The number of hydrogen-bond acceptors (Lipinski definition) is 4. The lowest BCUT2D eigenvalue weighted by atomic mass is 10.1. The summed E-state index contributed by atoms with van der Waals surface area (Å²) in [5.41, 5.74) is 5.03. The number of nitrogens with zero attached hydrogens (tertiary/aromatic N) is 1. The van der Waals surface area contributed by atoms with Crippen molar-refractivity contribution in [2.75, 3.05) is 6.54 Å². The zero-order valence-electron chi connectivity index (χ0n) is 10.8. The first kappa shape index (κ1) is 15.0. The smallest absolute Gasteiger partial charge is 0.270 e. The van der Waals surface area contributed by atoms with Crippen molar-refractivity contribution in [2.24, 2.45) is 5.73 Å². The highest BCUT2D eigenvalue weighted by Gasteiger charge is 2.19. The summed E-state index contributed by atoms with van der Waals surface area (Å²) in [6.07, 6.45) is 0.663. The molecule has 104 valence electrons. The maximum Gasteiger partial charge on any atom is 0.270 e. The van der Waals surface area contributed by atoms with Crippen LogP contribution in [0.3, 0.4) is 0 Å². The number of nitro groups is 1. The molecule has 7 heteroatoms. The summed E-state index contributed by atoms with van der Waals surface area (Å²) in [4.78, 5) is 21.8. The number of non-ortho nitro benzene ring substituents is 1. The second-order valence-electron chi connectivity index (χ2n) is 4.26. The Morgan fingerprint density at radius 3 is 2.74 bits per heavy atom. The van der Waals surface area contributed by atoms with Crippen LogP contribution in [0, 0.1) is 22.9 Å². The molecule has 1 rings (SSSR count).